The fraction of sp³-hybridized carbons (Fsp3) is 0.889. The first-order valence-corrected chi connectivity index (χ1v) is 4.17. The molecule has 78 valence electrons. The lowest BCUT2D eigenvalue weighted by Crippen LogP contribution is -2.41. The summed E-state index contributed by atoms with van der Waals surface area (Å²) in [4.78, 5) is 20.3. The molecule has 13 heavy (non-hydrogen) atoms. The van der Waals surface area contributed by atoms with Crippen LogP contribution in [0.5, 0.6) is 0 Å². The molecule has 4 nitrogen and oxygen atoms in total. The Balaban J connectivity index is 3.84. The minimum Gasteiger partial charge on any atom is -0.549 e. The molecule has 0 aliphatic carbocycles. The first-order chi connectivity index (χ1) is 5.65. The Kier molecular flexibility index (Phi) is 3.88. The van der Waals surface area contributed by atoms with Crippen LogP contribution in [-0.2, 0) is 14.6 Å². The van der Waals surface area contributed by atoms with Crippen LogP contribution in [0.25, 0.3) is 0 Å². The van der Waals surface area contributed by atoms with Gasteiger partial charge in [-0.1, -0.05) is 13.8 Å². The van der Waals surface area contributed by atoms with Gasteiger partial charge in [0, 0.05) is 11.4 Å². The Morgan fingerprint density at radius 1 is 1.23 bits per heavy atom. The van der Waals surface area contributed by atoms with Crippen LogP contribution in [0, 0.1) is 5.41 Å². The van der Waals surface area contributed by atoms with Crippen molar-refractivity contribution in [2.45, 2.75) is 40.2 Å². The van der Waals surface area contributed by atoms with Gasteiger partial charge < -0.3 is 9.90 Å². The molecule has 0 aliphatic heterocycles. The smallest absolute Gasteiger partial charge is 0.0952 e. The second kappa shape index (κ2) is 4.07. The predicted octanol–water partition coefficient (Wildman–Crippen LogP) is 0.509. The molecule has 0 heterocycles. The van der Waals surface area contributed by atoms with Gasteiger partial charge in [0.25, 0.3) is 0 Å². The number of carbonyl (C=O) groups excluding carboxylic acids is 1. The summed E-state index contributed by atoms with van der Waals surface area (Å²) < 4.78 is 0. The number of rotatable bonds is 4. The lowest BCUT2D eigenvalue weighted by atomic mass is 9.96. The zero-order chi connectivity index (χ0) is 10.7. The summed E-state index contributed by atoms with van der Waals surface area (Å²) >= 11 is 0. The Labute approximate surface area is 78.8 Å². The molecule has 0 N–H and O–H groups in total. The normalized spacial score (nSPS) is 13.0. The van der Waals surface area contributed by atoms with Crippen LogP contribution >= 0.6 is 0 Å². The van der Waals surface area contributed by atoms with Gasteiger partial charge in [0.05, 0.1) is 12.2 Å². The van der Waals surface area contributed by atoms with Crippen molar-refractivity contribution in [3.05, 3.63) is 0 Å². The molecule has 0 fully saturated rings. The van der Waals surface area contributed by atoms with Crippen LogP contribution in [0.4, 0.5) is 0 Å². The Morgan fingerprint density at radius 2 is 1.69 bits per heavy atom. The first-order valence-electron chi connectivity index (χ1n) is 4.17. The average Bonchev–Trinajstić information content (AvgIpc) is 1.82. The van der Waals surface area contributed by atoms with Crippen LogP contribution < -0.4 is 5.11 Å². The standard InChI is InChI=1S/C9H18O4/c1-8(2,3)13-12-6-9(4,5)7(10)11/h6H2,1-5H3,(H,10,11)/p-1. The summed E-state index contributed by atoms with van der Waals surface area (Å²) in [5.41, 5.74) is -1.45. The van der Waals surface area contributed by atoms with Gasteiger partial charge in [0.2, 0.25) is 0 Å². The van der Waals surface area contributed by atoms with E-state index in [4.69, 9.17) is 9.78 Å². The summed E-state index contributed by atoms with van der Waals surface area (Å²) in [6.07, 6.45) is 0. The molecule has 0 unspecified atom stereocenters. The number of carboxylic acids is 1. The molecule has 0 aliphatic rings. The molecule has 0 amide bonds. The lowest BCUT2D eigenvalue weighted by Gasteiger charge is -2.26. The van der Waals surface area contributed by atoms with Crippen molar-refractivity contribution < 1.29 is 19.7 Å². The van der Waals surface area contributed by atoms with Crippen molar-refractivity contribution in [1.82, 2.24) is 0 Å². The predicted molar refractivity (Wildman–Crippen MR) is 45.6 cm³/mol. The van der Waals surface area contributed by atoms with Crippen LogP contribution in [0.15, 0.2) is 0 Å². The third kappa shape index (κ3) is 5.60. The molecule has 0 aromatic heterocycles. The summed E-state index contributed by atoms with van der Waals surface area (Å²) in [7, 11) is 0. The van der Waals surface area contributed by atoms with Gasteiger partial charge in [-0.15, -0.1) is 0 Å². The third-order valence-corrected chi connectivity index (χ3v) is 1.28. The van der Waals surface area contributed by atoms with E-state index in [1.165, 1.54) is 13.8 Å². The highest BCUT2D eigenvalue weighted by atomic mass is 17.2. The number of hydrogen-bond donors (Lipinski definition) is 0. The van der Waals surface area contributed by atoms with Gasteiger partial charge in [-0.25, -0.2) is 9.78 Å². The van der Waals surface area contributed by atoms with Gasteiger partial charge in [-0.2, -0.15) is 0 Å². The SMILES string of the molecule is CC(C)(C)OOCC(C)(C)C(=O)[O-]. The molecule has 0 spiro atoms. The van der Waals surface area contributed by atoms with Crippen molar-refractivity contribution in [3.8, 4) is 0 Å². The largest absolute Gasteiger partial charge is 0.549 e. The molecule has 0 atom stereocenters. The number of hydrogen-bond acceptors (Lipinski definition) is 4. The van der Waals surface area contributed by atoms with E-state index < -0.39 is 17.0 Å². The maximum Gasteiger partial charge on any atom is 0.0952 e. The van der Waals surface area contributed by atoms with E-state index in [0.717, 1.165) is 0 Å². The quantitative estimate of drug-likeness (QED) is 0.477. The molecule has 0 bridgehead atoms. The topological polar surface area (TPSA) is 58.6 Å². The van der Waals surface area contributed by atoms with E-state index in [1.54, 1.807) is 0 Å². The van der Waals surface area contributed by atoms with Gasteiger partial charge >= 0.3 is 0 Å². The van der Waals surface area contributed by atoms with Gasteiger partial charge in [-0.05, 0) is 20.8 Å². The van der Waals surface area contributed by atoms with Crippen LogP contribution in [0.2, 0.25) is 0 Å². The van der Waals surface area contributed by atoms with E-state index in [2.05, 4.69) is 0 Å². The molecule has 0 saturated carbocycles. The van der Waals surface area contributed by atoms with Crippen molar-refractivity contribution in [2.75, 3.05) is 6.61 Å². The minimum atomic E-state index is -1.15. The Morgan fingerprint density at radius 3 is 2.00 bits per heavy atom. The zero-order valence-electron chi connectivity index (χ0n) is 8.84. The molecule has 0 radical (unpaired) electrons. The first kappa shape index (κ1) is 12.4. The Hall–Kier alpha value is -0.610. The fourth-order valence-corrected chi connectivity index (χ4v) is 0.412. The number of carbonyl (C=O) groups is 1. The molecule has 0 rings (SSSR count). The zero-order valence-corrected chi connectivity index (χ0v) is 8.84. The number of aliphatic carboxylic acids is 1. The van der Waals surface area contributed by atoms with Crippen LogP contribution in [0.1, 0.15) is 34.6 Å². The highest BCUT2D eigenvalue weighted by molar-refractivity contribution is 5.71. The summed E-state index contributed by atoms with van der Waals surface area (Å²) in [5.74, 6) is -1.15. The molecule has 4 heteroatoms. The monoisotopic (exact) mass is 189 g/mol. The van der Waals surface area contributed by atoms with E-state index in [1.807, 2.05) is 20.8 Å². The molecule has 0 saturated heterocycles. The van der Waals surface area contributed by atoms with Gasteiger partial charge in [0.1, 0.15) is 0 Å². The summed E-state index contributed by atoms with van der Waals surface area (Å²) in [6.45, 7) is 8.48. The van der Waals surface area contributed by atoms with Crippen molar-refractivity contribution in [2.24, 2.45) is 5.41 Å². The lowest BCUT2D eigenvalue weighted by molar-refractivity contribution is -0.368. The van der Waals surface area contributed by atoms with E-state index >= 15 is 0 Å². The van der Waals surface area contributed by atoms with Crippen molar-refractivity contribution >= 4 is 5.97 Å². The van der Waals surface area contributed by atoms with E-state index in [0.29, 0.717) is 0 Å². The van der Waals surface area contributed by atoms with Gasteiger partial charge in [-0.3, -0.25) is 0 Å². The Bertz CT molecular complexity index is 179. The minimum absolute atomic E-state index is 0.0212. The second-order valence-corrected chi connectivity index (χ2v) is 4.63. The van der Waals surface area contributed by atoms with E-state index in [9.17, 15) is 9.90 Å². The number of carboxylic acid groups (broad SMARTS) is 1. The van der Waals surface area contributed by atoms with E-state index in [-0.39, 0.29) is 6.61 Å². The van der Waals surface area contributed by atoms with Crippen molar-refractivity contribution in [1.29, 1.82) is 0 Å². The van der Waals surface area contributed by atoms with Crippen LogP contribution in [-0.4, -0.2) is 18.2 Å². The van der Waals surface area contributed by atoms with Crippen LogP contribution in [0.3, 0.4) is 0 Å². The fourth-order valence-electron chi connectivity index (χ4n) is 0.412. The molecule has 0 aromatic carbocycles. The van der Waals surface area contributed by atoms with Crippen molar-refractivity contribution in [3.63, 3.8) is 0 Å². The average molecular weight is 189 g/mol. The second-order valence-electron chi connectivity index (χ2n) is 4.63. The maximum atomic E-state index is 10.5. The summed E-state index contributed by atoms with van der Waals surface area (Å²) in [6, 6.07) is 0. The maximum absolute atomic E-state index is 10.5. The summed E-state index contributed by atoms with van der Waals surface area (Å²) in [5, 5.41) is 10.5. The highest BCUT2D eigenvalue weighted by Crippen LogP contribution is 2.16. The highest BCUT2D eigenvalue weighted by Gasteiger charge is 2.22. The van der Waals surface area contributed by atoms with Gasteiger partial charge in [0.15, 0.2) is 0 Å². The molecular weight excluding hydrogens is 172 g/mol. The third-order valence-electron chi connectivity index (χ3n) is 1.28. The molecular formula is C9H17O4-. The molecule has 0 aromatic rings.